The molecule has 1 saturated heterocycles. The van der Waals surface area contributed by atoms with E-state index in [1.165, 1.54) is 11.3 Å². The standard InChI is InChI=1S/C12H17N3O3S/c1-7-10(19-6-14-7)5-13-12(18)15-4-3-9(8(15)2)11(16)17/h6,8-9H,3-5H2,1-2H3,(H,13,18)(H,16,17). The van der Waals surface area contributed by atoms with Crippen LogP contribution in [0.25, 0.3) is 0 Å². The molecule has 6 nitrogen and oxygen atoms in total. The Morgan fingerprint density at radius 2 is 2.37 bits per heavy atom. The lowest BCUT2D eigenvalue weighted by Crippen LogP contribution is -2.43. The van der Waals surface area contributed by atoms with Crippen LogP contribution in [0.2, 0.25) is 0 Å². The van der Waals surface area contributed by atoms with Gasteiger partial charge in [0.1, 0.15) is 0 Å². The van der Waals surface area contributed by atoms with E-state index in [0.29, 0.717) is 19.5 Å². The number of carbonyl (C=O) groups excluding carboxylic acids is 1. The Morgan fingerprint density at radius 1 is 1.63 bits per heavy atom. The molecule has 2 rings (SSSR count). The van der Waals surface area contributed by atoms with Crippen LogP contribution in [0, 0.1) is 12.8 Å². The summed E-state index contributed by atoms with van der Waals surface area (Å²) in [5, 5.41) is 11.9. The maximum atomic E-state index is 12.0. The summed E-state index contributed by atoms with van der Waals surface area (Å²) >= 11 is 1.50. The molecule has 104 valence electrons. The lowest BCUT2D eigenvalue weighted by Gasteiger charge is -2.23. The number of rotatable bonds is 3. The molecule has 7 heteroatoms. The van der Waals surface area contributed by atoms with Crippen LogP contribution in [0.3, 0.4) is 0 Å². The van der Waals surface area contributed by atoms with Gasteiger partial charge in [-0.15, -0.1) is 11.3 Å². The first-order valence-corrected chi connectivity index (χ1v) is 7.05. The number of amides is 2. The number of carbonyl (C=O) groups is 2. The average Bonchev–Trinajstić information content (AvgIpc) is 2.92. The lowest BCUT2D eigenvalue weighted by atomic mass is 10.0. The minimum atomic E-state index is -0.832. The number of thiazole rings is 1. The predicted molar refractivity (Wildman–Crippen MR) is 71.0 cm³/mol. The topological polar surface area (TPSA) is 82.5 Å². The van der Waals surface area contributed by atoms with E-state index in [4.69, 9.17) is 5.11 Å². The van der Waals surface area contributed by atoms with Crippen molar-refractivity contribution in [3.8, 4) is 0 Å². The first-order valence-electron chi connectivity index (χ1n) is 6.17. The third-order valence-corrected chi connectivity index (χ3v) is 4.51. The van der Waals surface area contributed by atoms with Crippen LogP contribution in [-0.4, -0.2) is 39.6 Å². The number of carboxylic acid groups (broad SMARTS) is 1. The van der Waals surface area contributed by atoms with Crippen LogP contribution in [0.5, 0.6) is 0 Å². The fourth-order valence-electron chi connectivity index (χ4n) is 2.31. The van der Waals surface area contributed by atoms with E-state index in [2.05, 4.69) is 10.3 Å². The summed E-state index contributed by atoms with van der Waals surface area (Å²) in [5.41, 5.74) is 2.67. The average molecular weight is 283 g/mol. The van der Waals surface area contributed by atoms with Crippen LogP contribution in [0.4, 0.5) is 4.79 Å². The minimum absolute atomic E-state index is 0.205. The smallest absolute Gasteiger partial charge is 0.317 e. The van der Waals surface area contributed by atoms with Gasteiger partial charge in [-0.3, -0.25) is 4.79 Å². The lowest BCUT2D eigenvalue weighted by molar-refractivity contribution is -0.142. The molecule has 1 fully saturated rings. The largest absolute Gasteiger partial charge is 0.481 e. The first-order chi connectivity index (χ1) is 9.00. The Hall–Kier alpha value is -1.63. The Labute approximate surface area is 115 Å². The van der Waals surface area contributed by atoms with Gasteiger partial charge in [-0.1, -0.05) is 0 Å². The Balaban J connectivity index is 1.91. The Morgan fingerprint density at radius 3 is 2.89 bits per heavy atom. The van der Waals surface area contributed by atoms with Crippen molar-refractivity contribution in [3.63, 3.8) is 0 Å². The van der Waals surface area contributed by atoms with Gasteiger partial charge in [0.15, 0.2) is 0 Å². The van der Waals surface area contributed by atoms with Crippen LogP contribution in [-0.2, 0) is 11.3 Å². The quantitative estimate of drug-likeness (QED) is 0.879. The first kappa shape index (κ1) is 13.8. The van der Waals surface area contributed by atoms with Crippen molar-refractivity contribution in [1.29, 1.82) is 0 Å². The number of aromatic nitrogens is 1. The van der Waals surface area contributed by atoms with Gasteiger partial charge in [-0.05, 0) is 20.3 Å². The second-order valence-electron chi connectivity index (χ2n) is 4.69. The summed E-state index contributed by atoms with van der Waals surface area (Å²) in [6, 6.07) is -0.468. The molecule has 2 amide bonds. The zero-order valence-corrected chi connectivity index (χ0v) is 11.7. The molecular formula is C12H17N3O3S. The number of nitrogens with zero attached hydrogens (tertiary/aromatic N) is 2. The number of hydrogen-bond donors (Lipinski definition) is 2. The molecule has 0 spiro atoms. The highest BCUT2D eigenvalue weighted by Gasteiger charge is 2.37. The molecule has 1 aliphatic rings. The molecule has 19 heavy (non-hydrogen) atoms. The van der Waals surface area contributed by atoms with E-state index in [1.54, 1.807) is 17.3 Å². The van der Waals surface area contributed by atoms with Crippen LogP contribution >= 0.6 is 11.3 Å². The van der Waals surface area contributed by atoms with Gasteiger partial charge in [0.25, 0.3) is 0 Å². The zero-order chi connectivity index (χ0) is 14.0. The maximum Gasteiger partial charge on any atom is 0.317 e. The second-order valence-corrected chi connectivity index (χ2v) is 5.63. The van der Waals surface area contributed by atoms with Crippen molar-refractivity contribution in [3.05, 3.63) is 16.1 Å². The van der Waals surface area contributed by atoms with Gasteiger partial charge in [0.2, 0.25) is 0 Å². The summed E-state index contributed by atoms with van der Waals surface area (Å²) in [5.74, 6) is -1.29. The molecule has 1 aliphatic heterocycles. The van der Waals surface area contributed by atoms with Gasteiger partial charge in [0, 0.05) is 17.5 Å². The predicted octanol–water partition coefficient (Wildman–Crippen LogP) is 1.46. The summed E-state index contributed by atoms with van der Waals surface area (Å²) in [6.07, 6.45) is 0.517. The van der Waals surface area contributed by atoms with Crippen molar-refractivity contribution >= 4 is 23.3 Å². The van der Waals surface area contributed by atoms with Crippen molar-refractivity contribution in [2.75, 3.05) is 6.54 Å². The van der Waals surface area contributed by atoms with Crippen LogP contribution in [0.1, 0.15) is 23.9 Å². The molecule has 1 aromatic heterocycles. The van der Waals surface area contributed by atoms with E-state index < -0.39 is 11.9 Å². The molecule has 0 bridgehead atoms. The monoisotopic (exact) mass is 283 g/mol. The molecule has 2 atom stereocenters. The van der Waals surface area contributed by atoms with Gasteiger partial charge < -0.3 is 15.3 Å². The molecule has 2 heterocycles. The number of likely N-dealkylation sites (tertiary alicyclic amines) is 1. The summed E-state index contributed by atoms with van der Waals surface area (Å²) in [4.78, 5) is 29.8. The zero-order valence-electron chi connectivity index (χ0n) is 10.9. The maximum absolute atomic E-state index is 12.0. The molecular weight excluding hydrogens is 266 g/mol. The number of urea groups is 1. The Kier molecular flexibility index (Phi) is 4.04. The number of aliphatic carboxylic acids is 1. The van der Waals surface area contributed by atoms with Gasteiger partial charge >= 0.3 is 12.0 Å². The van der Waals surface area contributed by atoms with Crippen molar-refractivity contribution in [1.82, 2.24) is 15.2 Å². The minimum Gasteiger partial charge on any atom is -0.481 e. The van der Waals surface area contributed by atoms with Crippen molar-refractivity contribution in [2.45, 2.75) is 32.9 Å². The highest BCUT2D eigenvalue weighted by Crippen LogP contribution is 2.24. The fourth-order valence-corrected chi connectivity index (χ4v) is 3.03. The van der Waals surface area contributed by atoms with Gasteiger partial charge in [-0.2, -0.15) is 0 Å². The van der Waals surface area contributed by atoms with E-state index >= 15 is 0 Å². The highest BCUT2D eigenvalue weighted by molar-refractivity contribution is 7.09. The van der Waals surface area contributed by atoms with Gasteiger partial charge in [-0.25, -0.2) is 9.78 Å². The number of aryl methyl sites for hydroxylation is 1. The molecule has 2 N–H and O–H groups in total. The molecule has 0 saturated carbocycles. The van der Waals surface area contributed by atoms with E-state index in [-0.39, 0.29) is 12.1 Å². The number of carboxylic acids is 1. The normalized spacial score (nSPS) is 22.5. The SMILES string of the molecule is Cc1ncsc1CNC(=O)N1CCC(C(=O)O)C1C. The molecule has 2 unspecified atom stereocenters. The molecule has 1 aromatic rings. The molecule has 0 radical (unpaired) electrons. The molecule has 0 aliphatic carbocycles. The summed E-state index contributed by atoms with van der Waals surface area (Å²) in [7, 11) is 0. The third kappa shape index (κ3) is 2.86. The Bertz CT molecular complexity index is 488. The number of nitrogens with one attached hydrogen (secondary N) is 1. The second kappa shape index (κ2) is 5.56. The summed E-state index contributed by atoms with van der Waals surface area (Å²) in [6.45, 7) is 4.61. The van der Waals surface area contributed by atoms with Crippen molar-refractivity contribution < 1.29 is 14.7 Å². The van der Waals surface area contributed by atoms with Crippen LogP contribution in [0.15, 0.2) is 5.51 Å². The van der Waals surface area contributed by atoms with E-state index in [0.717, 1.165) is 10.6 Å². The fraction of sp³-hybridized carbons (Fsp3) is 0.583. The number of hydrogen-bond acceptors (Lipinski definition) is 4. The molecule has 0 aromatic carbocycles. The van der Waals surface area contributed by atoms with Crippen molar-refractivity contribution in [2.24, 2.45) is 5.92 Å². The van der Waals surface area contributed by atoms with E-state index in [9.17, 15) is 9.59 Å². The third-order valence-electron chi connectivity index (χ3n) is 3.58. The summed E-state index contributed by atoms with van der Waals surface area (Å²) < 4.78 is 0. The van der Waals surface area contributed by atoms with Gasteiger partial charge in [0.05, 0.1) is 23.7 Å². The highest BCUT2D eigenvalue weighted by atomic mass is 32.1. The van der Waals surface area contributed by atoms with E-state index in [1.807, 2.05) is 6.92 Å². The van der Waals surface area contributed by atoms with Crippen LogP contribution < -0.4 is 5.32 Å².